The second kappa shape index (κ2) is 55.2. The minimum atomic E-state index is -3.25. The number of carbonyl (C=O) groups excluding carboxylic acids is 3. The summed E-state index contributed by atoms with van der Waals surface area (Å²) < 4.78 is 70.7. The molecule has 3 amide bonds. The zero-order chi connectivity index (χ0) is 88.2. The van der Waals surface area contributed by atoms with Crippen LogP contribution in [0.1, 0.15) is 227 Å². The number of unbranched alkanes of at least 4 members (excludes halogenated alkanes) is 27. The van der Waals surface area contributed by atoms with Gasteiger partial charge in [0.05, 0.1) is 70.5 Å². The minimum absolute atomic E-state index is 0.158. The number of carboxylic acid groups (broad SMARTS) is 1. The summed E-state index contributed by atoms with van der Waals surface area (Å²) in [6.07, 6.45) is -24.2. The van der Waals surface area contributed by atoms with Crippen molar-refractivity contribution in [1.29, 1.82) is 0 Å². The van der Waals surface area contributed by atoms with Gasteiger partial charge in [0.2, 0.25) is 17.7 Å². The van der Waals surface area contributed by atoms with E-state index >= 15 is 0 Å². The van der Waals surface area contributed by atoms with Crippen LogP contribution in [0.2, 0.25) is 0 Å². The van der Waals surface area contributed by atoms with E-state index in [1.54, 1.807) is 6.08 Å². The van der Waals surface area contributed by atoms with E-state index in [1.807, 2.05) is 6.08 Å². The van der Waals surface area contributed by atoms with E-state index in [0.717, 1.165) is 65.2 Å². The Balaban J connectivity index is 1.12. The lowest BCUT2D eigenvalue weighted by Gasteiger charge is -2.51. The highest BCUT2D eigenvalue weighted by atomic mass is 16.8. The van der Waals surface area contributed by atoms with Gasteiger partial charge in [-0.25, -0.2) is 4.79 Å². The normalized spacial score (nSPS) is 36.0. The van der Waals surface area contributed by atoms with Crippen molar-refractivity contribution in [2.45, 2.75) is 429 Å². The molecule has 12 unspecified atom stereocenters. The van der Waals surface area contributed by atoms with E-state index in [4.69, 9.17) is 56.8 Å². The number of aliphatic hydroxyl groups excluding tert-OH is 19. The summed E-state index contributed by atoms with van der Waals surface area (Å²) in [4.78, 5) is 52.1. The first-order chi connectivity index (χ1) is 57.5. The number of amides is 3. The molecule has 0 radical (unpaired) electrons. The number of rotatable bonds is 57. The summed E-state index contributed by atoms with van der Waals surface area (Å²) >= 11 is 0. The van der Waals surface area contributed by atoms with E-state index in [2.05, 4.69) is 29.8 Å². The van der Waals surface area contributed by atoms with Gasteiger partial charge in [-0.3, -0.25) is 14.4 Å². The Morgan fingerprint density at radius 3 is 1.24 bits per heavy atom. The fraction of sp³-hybridized carbons (Fsp3) is 0.926. The molecule has 6 rings (SSSR count). The monoisotopic (exact) mass is 1740 g/mol. The maximum Gasteiger partial charge on any atom is 0.364 e. The lowest BCUT2D eigenvalue weighted by Crippen LogP contribution is -2.71. The Kier molecular flexibility index (Phi) is 48.4. The molecule has 23 N–H and O–H groups in total. The van der Waals surface area contributed by atoms with Crippen LogP contribution < -0.4 is 16.0 Å². The maximum absolute atomic E-state index is 13.6. The van der Waals surface area contributed by atoms with E-state index < -0.39 is 272 Å². The molecule has 700 valence electrons. The van der Waals surface area contributed by atoms with Crippen LogP contribution in [0.25, 0.3) is 0 Å². The summed E-state index contributed by atoms with van der Waals surface area (Å²) in [7, 11) is 0. The van der Waals surface area contributed by atoms with Gasteiger partial charge in [-0.2, -0.15) is 0 Å². The number of allylic oxidation sites excluding steroid dienone is 1. The van der Waals surface area contributed by atoms with Crippen LogP contribution in [-0.4, -0.2) is 374 Å². The first-order valence-electron chi connectivity index (χ1n) is 43.6. The molecule has 6 heterocycles. The van der Waals surface area contributed by atoms with Crippen LogP contribution in [0.4, 0.5) is 0 Å². The molecule has 39 nitrogen and oxygen atoms in total. The van der Waals surface area contributed by atoms with Crippen molar-refractivity contribution in [3.63, 3.8) is 0 Å². The molecule has 0 aromatic heterocycles. The van der Waals surface area contributed by atoms with Crippen molar-refractivity contribution in [2.24, 2.45) is 0 Å². The van der Waals surface area contributed by atoms with Crippen LogP contribution in [0.5, 0.6) is 0 Å². The first-order valence-corrected chi connectivity index (χ1v) is 43.6. The van der Waals surface area contributed by atoms with Crippen molar-refractivity contribution < 1.29 is 178 Å². The number of carbonyl (C=O) groups is 4. The van der Waals surface area contributed by atoms with Crippen molar-refractivity contribution in [1.82, 2.24) is 16.0 Å². The molecule has 0 aliphatic carbocycles. The number of nitrogens with one attached hydrogen (secondary N) is 3. The Morgan fingerprint density at radius 1 is 0.433 bits per heavy atom. The van der Waals surface area contributed by atoms with E-state index in [1.165, 1.54) is 122 Å². The smallest absolute Gasteiger partial charge is 0.364 e. The lowest BCUT2D eigenvalue weighted by atomic mass is 9.88. The van der Waals surface area contributed by atoms with Crippen molar-refractivity contribution in [3.8, 4) is 0 Å². The second-order valence-electron chi connectivity index (χ2n) is 32.8. The number of hydrogen-bond acceptors (Lipinski definition) is 35. The fourth-order valence-electron chi connectivity index (χ4n) is 16.1. The third-order valence-corrected chi connectivity index (χ3v) is 23.2. The van der Waals surface area contributed by atoms with Gasteiger partial charge in [0.25, 0.3) is 5.79 Å². The lowest BCUT2D eigenvalue weighted by molar-refractivity contribution is -0.393. The van der Waals surface area contributed by atoms with Crippen molar-refractivity contribution in [2.75, 3.05) is 46.2 Å². The molecule has 0 aromatic rings. The van der Waals surface area contributed by atoms with Gasteiger partial charge < -0.3 is 175 Å². The zero-order valence-electron chi connectivity index (χ0n) is 70.0. The van der Waals surface area contributed by atoms with Gasteiger partial charge in [0.1, 0.15) is 140 Å². The summed E-state index contributed by atoms with van der Waals surface area (Å²) in [5.41, 5.74) is 0. The van der Waals surface area contributed by atoms with Gasteiger partial charge in [-0.15, -0.1) is 0 Å². The molecule has 0 spiro atoms. The SMILES string of the molecule is CCCCCCCCCCCCC/C=C/[C@@H](O)[C@H](CO[C@@H]1OC(CO)[C@@H](O[C@@H]2OC(CO)[C@H](O)[C@H](O[C@H]3OC(CO)[C@H](O)[C@H](O[C@@H]4OC(CO)[C@H](O)[C@H](O[C@@H]5OC(CO)[C@H](O)[C@H](O[C@]6(C(=O)O)CC(O)[C@@H](NC(C)=O)C([C@H](O)[C@H](O)CO)O6)C5O)C4NC(C)=O)C3O)C2O)[C@H](O)C1O)NC(=O)CCCCCCCCCCCCCCCCCCC. The molecule has 6 aliphatic rings. The standard InChI is InChI=1S/C81H145N3O36/c1-5-7-9-11-13-15-17-19-20-21-22-24-26-28-30-32-34-36-56(96)84-47(48(93)35-33-31-29-27-25-23-18-16-14-12-10-8-6-2)44-109-76-65(103)64(102)69(55(43-90)114-76)115-77-67(105)73(62(100)53(41-88)111-77)118-78-66(104)72(61(99)52(40-87)112-78)117-75-58(83-46(4)92)70(60(98)51(39-86)110-75)116-79-68(106)74(63(101)54(42-89)113-79)120-81(80(107)108)37-49(94)57(82-45(3)91)71(119-81)59(97)50(95)38-85/h33,35,47-55,57-79,85-90,93-95,97-106H,5-32,34,36-44H2,1-4H3,(H,82,91)(H,83,92)(H,84,96)(H,107,108)/b35-33+/t47-,48+,49?,50+,51?,52?,53?,54?,55?,57+,58?,59+,60-,61-,62-,63-,64+,65?,66?,67?,68?,69+,70+,71?,72-,73-,74-,75-,76+,77-,78+,79-,81-/m0/s1. The Labute approximate surface area is 702 Å². The predicted molar refractivity (Wildman–Crippen MR) is 420 cm³/mol. The van der Waals surface area contributed by atoms with E-state index in [9.17, 15) is 121 Å². The molecule has 0 bridgehead atoms. The summed E-state index contributed by atoms with van der Waals surface area (Å²) in [6, 6.07) is -4.76. The third kappa shape index (κ3) is 31.4. The number of aliphatic carboxylic acids is 1. The second-order valence-corrected chi connectivity index (χ2v) is 32.8. The Morgan fingerprint density at radius 2 is 0.808 bits per heavy atom. The van der Waals surface area contributed by atoms with Crippen LogP contribution in [0.15, 0.2) is 12.2 Å². The van der Waals surface area contributed by atoms with Gasteiger partial charge in [-0.1, -0.05) is 193 Å². The van der Waals surface area contributed by atoms with Gasteiger partial charge in [0, 0.05) is 26.7 Å². The number of ether oxygens (including phenoxy) is 12. The van der Waals surface area contributed by atoms with Crippen molar-refractivity contribution >= 4 is 23.7 Å². The fourth-order valence-corrected chi connectivity index (χ4v) is 16.1. The minimum Gasteiger partial charge on any atom is -0.477 e. The first kappa shape index (κ1) is 105. The highest BCUT2D eigenvalue weighted by Crippen LogP contribution is 2.41. The maximum atomic E-state index is 13.6. The van der Waals surface area contributed by atoms with Crippen molar-refractivity contribution in [3.05, 3.63) is 12.2 Å². The van der Waals surface area contributed by atoms with Crippen LogP contribution in [-0.2, 0) is 76.0 Å². The molecule has 0 aromatic carbocycles. The quantitative estimate of drug-likeness (QED) is 0.0222. The molecule has 39 heteroatoms. The number of aliphatic hydroxyl groups is 19. The Hall–Kier alpha value is -3.62. The van der Waals surface area contributed by atoms with Crippen LogP contribution in [0.3, 0.4) is 0 Å². The van der Waals surface area contributed by atoms with E-state index in [0.29, 0.717) is 12.8 Å². The average Bonchev–Trinajstić information content (AvgIpc) is 0.755. The molecule has 33 atom stereocenters. The molecule has 6 fully saturated rings. The highest BCUT2D eigenvalue weighted by Gasteiger charge is 2.62. The van der Waals surface area contributed by atoms with Crippen LogP contribution >= 0.6 is 0 Å². The largest absolute Gasteiger partial charge is 0.477 e. The van der Waals surface area contributed by atoms with Gasteiger partial charge in [0.15, 0.2) is 31.5 Å². The summed E-state index contributed by atoms with van der Waals surface area (Å²) in [5, 5.41) is 231. The van der Waals surface area contributed by atoms with Gasteiger partial charge >= 0.3 is 5.97 Å². The molecular formula is C81H145N3O36. The van der Waals surface area contributed by atoms with Crippen LogP contribution in [0, 0.1) is 0 Å². The summed E-state index contributed by atoms with van der Waals surface area (Å²) in [6.45, 7) is -0.715. The van der Waals surface area contributed by atoms with Gasteiger partial charge in [-0.05, 0) is 19.3 Å². The molecule has 0 saturated carbocycles. The number of hydrogen-bond donors (Lipinski definition) is 23. The molecular weight excluding hydrogens is 1590 g/mol. The van der Waals surface area contributed by atoms with E-state index in [-0.39, 0.29) is 12.3 Å². The average molecular weight is 1740 g/mol. The third-order valence-electron chi connectivity index (χ3n) is 23.2. The predicted octanol–water partition coefficient (Wildman–Crippen LogP) is -2.44. The Bertz CT molecular complexity index is 2870. The highest BCUT2D eigenvalue weighted by molar-refractivity contribution is 5.77. The molecule has 6 saturated heterocycles. The molecule has 6 aliphatic heterocycles. The topological polar surface area (TPSA) is 620 Å². The number of carboxylic acids is 1. The zero-order valence-corrected chi connectivity index (χ0v) is 70.0. The summed E-state index contributed by atoms with van der Waals surface area (Å²) in [5.74, 6) is -7.52. The molecule has 120 heavy (non-hydrogen) atoms.